The van der Waals surface area contributed by atoms with Crippen molar-refractivity contribution in [2.75, 3.05) is 11.9 Å². The summed E-state index contributed by atoms with van der Waals surface area (Å²) in [6, 6.07) is 6.26. The van der Waals surface area contributed by atoms with Gasteiger partial charge in [-0.15, -0.1) is 0 Å². The average molecular weight is 312 g/mol. The molecule has 104 valence electrons. The lowest BCUT2D eigenvalue weighted by Gasteiger charge is -2.07. The molecule has 1 aromatic heterocycles. The van der Waals surface area contributed by atoms with Gasteiger partial charge in [0.15, 0.2) is 0 Å². The molecule has 1 amide bonds. The molecule has 0 atom stereocenters. The quantitative estimate of drug-likeness (QED) is 0.939. The van der Waals surface area contributed by atoms with Gasteiger partial charge < -0.3 is 10.1 Å². The van der Waals surface area contributed by atoms with Gasteiger partial charge in [-0.1, -0.05) is 23.2 Å². The molecule has 0 radical (unpaired) electrons. The van der Waals surface area contributed by atoms with Gasteiger partial charge in [0, 0.05) is 11.1 Å². The SMILES string of the molecule is CCOc1cc(C(=O)Nc2ccc(Cl)cc2Cl)ncn1. The topological polar surface area (TPSA) is 64.1 Å². The Hall–Kier alpha value is -1.85. The Labute approximate surface area is 125 Å². The van der Waals surface area contributed by atoms with Gasteiger partial charge in [0.25, 0.3) is 5.91 Å². The highest BCUT2D eigenvalue weighted by Crippen LogP contribution is 2.25. The Morgan fingerprint density at radius 3 is 2.80 bits per heavy atom. The third kappa shape index (κ3) is 3.59. The molecule has 20 heavy (non-hydrogen) atoms. The van der Waals surface area contributed by atoms with Gasteiger partial charge in [0.2, 0.25) is 5.88 Å². The molecule has 1 heterocycles. The van der Waals surface area contributed by atoms with Crippen LogP contribution in [0.25, 0.3) is 0 Å². The number of hydrogen-bond acceptors (Lipinski definition) is 4. The largest absolute Gasteiger partial charge is 0.478 e. The van der Waals surface area contributed by atoms with Crippen molar-refractivity contribution < 1.29 is 9.53 Å². The summed E-state index contributed by atoms with van der Waals surface area (Å²) >= 11 is 11.8. The van der Waals surface area contributed by atoms with Crippen LogP contribution in [0.5, 0.6) is 5.88 Å². The van der Waals surface area contributed by atoms with Crippen LogP contribution in [0, 0.1) is 0 Å². The standard InChI is InChI=1S/C13H11Cl2N3O2/c1-2-20-12-6-11(16-7-17-12)13(19)18-10-4-3-8(14)5-9(10)15/h3-7H,2H2,1H3,(H,18,19). The van der Waals surface area contributed by atoms with Crippen molar-refractivity contribution in [2.45, 2.75) is 6.92 Å². The number of amides is 1. The van der Waals surface area contributed by atoms with Crippen LogP contribution in [0.15, 0.2) is 30.6 Å². The number of carbonyl (C=O) groups is 1. The molecule has 0 aliphatic heterocycles. The van der Waals surface area contributed by atoms with E-state index in [0.29, 0.717) is 28.2 Å². The van der Waals surface area contributed by atoms with Crippen LogP contribution >= 0.6 is 23.2 Å². The molecule has 0 aliphatic rings. The van der Waals surface area contributed by atoms with Crippen molar-refractivity contribution in [1.29, 1.82) is 0 Å². The van der Waals surface area contributed by atoms with Gasteiger partial charge in [-0.05, 0) is 25.1 Å². The van der Waals surface area contributed by atoms with Crippen molar-refractivity contribution in [3.05, 3.63) is 46.3 Å². The molecule has 5 nitrogen and oxygen atoms in total. The normalized spacial score (nSPS) is 10.2. The van der Waals surface area contributed by atoms with Crippen LogP contribution in [0.3, 0.4) is 0 Å². The third-order valence-corrected chi connectivity index (χ3v) is 2.89. The summed E-state index contributed by atoms with van der Waals surface area (Å²) in [4.78, 5) is 19.8. The van der Waals surface area contributed by atoms with E-state index in [1.54, 1.807) is 18.2 Å². The second kappa shape index (κ2) is 6.54. The van der Waals surface area contributed by atoms with E-state index >= 15 is 0 Å². The van der Waals surface area contributed by atoms with E-state index in [2.05, 4.69) is 15.3 Å². The number of ether oxygens (including phenoxy) is 1. The van der Waals surface area contributed by atoms with Gasteiger partial charge in [-0.2, -0.15) is 0 Å². The first-order valence-electron chi connectivity index (χ1n) is 5.81. The highest BCUT2D eigenvalue weighted by Gasteiger charge is 2.11. The zero-order valence-electron chi connectivity index (χ0n) is 10.6. The molecular weight excluding hydrogens is 301 g/mol. The number of anilines is 1. The van der Waals surface area contributed by atoms with Crippen molar-refractivity contribution in [2.24, 2.45) is 0 Å². The summed E-state index contributed by atoms with van der Waals surface area (Å²) in [7, 11) is 0. The molecular formula is C13H11Cl2N3O2. The highest BCUT2D eigenvalue weighted by atomic mass is 35.5. The molecule has 0 unspecified atom stereocenters. The maximum atomic E-state index is 12.1. The van der Waals surface area contributed by atoms with Gasteiger partial charge in [0.05, 0.1) is 17.3 Å². The summed E-state index contributed by atoms with van der Waals surface area (Å²) < 4.78 is 5.21. The molecule has 1 aromatic carbocycles. The minimum Gasteiger partial charge on any atom is -0.478 e. The number of hydrogen-bond donors (Lipinski definition) is 1. The van der Waals surface area contributed by atoms with Crippen molar-refractivity contribution in [3.63, 3.8) is 0 Å². The first-order chi connectivity index (χ1) is 9.60. The smallest absolute Gasteiger partial charge is 0.274 e. The van der Waals surface area contributed by atoms with Crippen LogP contribution in [0.4, 0.5) is 5.69 Å². The lowest BCUT2D eigenvalue weighted by atomic mass is 10.3. The van der Waals surface area contributed by atoms with Crippen molar-refractivity contribution in [3.8, 4) is 5.88 Å². The highest BCUT2D eigenvalue weighted by molar-refractivity contribution is 6.36. The maximum absolute atomic E-state index is 12.1. The Balaban J connectivity index is 2.17. The molecule has 0 saturated carbocycles. The Kier molecular flexibility index (Phi) is 4.76. The molecule has 2 rings (SSSR count). The first kappa shape index (κ1) is 14.6. The molecule has 0 spiro atoms. The number of rotatable bonds is 4. The van der Waals surface area contributed by atoms with Crippen LogP contribution in [-0.2, 0) is 0 Å². The van der Waals surface area contributed by atoms with Gasteiger partial charge in [-0.3, -0.25) is 4.79 Å². The predicted molar refractivity (Wildman–Crippen MR) is 77.6 cm³/mol. The Bertz CT molecular complexity index is 635. The Morgan fingerprint density at radius 2 is 2.10 bits per heavy atom. The lowest BCUT2D eigenvalue weighted by molar-refractivity contribution is 0.102. The molecule has 0 fully saturated rings. The van der Waals surface area contributed by atoms with Gasteiger partial charge in [0.1, 0.15) is 12.0 Å². The van der Waals surface area contributed by atoms with Gasteiger partial charge in [-0.25, -0.2) is 9.97 Å². The zero-order valence-corrected chi connectivity index (χ0v) is 12.1. The van der Waals surface area contributed by atoms with Gasteiger partial charge >= 0.3 is 0 Å². The number of nitrogens with zero attached hydrogens (tertiary/aromatic N) is 2. The average Bonchev–Trinajstić information content (AvgIpc) is 2.42. The molecule has 2 aromatic rings. The third-order valence-electron chi connectivity index (χ3n) is 2.35. The van der Waals surface area contributed by atoms with Crippen molar-refractivity contribution >= 4 is 34.8 Å². The number of nitrogens with one attached hydrogen (secondary N) is 1. The van der Waals surface area contributed by atoms with E-state index in [4.69, 9.17) is 27.9 Å². The summed E-state index contributed by atoms with van der Waals surface area (Å²) in [5.74, 6) is -0.0626. The van der Waals surface area contributed by atoms with E-state index in [0.717, 1.165) is 0 Å². The number of aromatic nitrogens is 2. The Morgan fingerprint density at radius 1 is 1.30 bits per heavy atom. The van der Waals surface area contributed by atoms with Crippen LogP contribution in [-0.4, -0.2) is 22.5 Å². The summed E-state index contributed by atoms with van der Waals surface area (Å²) in [5, 5.41) is 3.49. The molecule has 0 aliphatic carbocycles. The number of benzene rings is 1. The lowest BCUT2D eigenvalue weighted by Crippen LogP contribution is -2.14. The fraction of sp³-hybridized carbons (Fsp3) is 0.154. The van der Waals surface area contributed by atoms with Crippen LogP contribution < -0.4 is 10.1 Å². The number of carbonyl (C=O) groups excluding carboxylic acids is 1. The van der Waals surface area contributed by atoms with E-state index in [1.165, 1.54) is 12.4 Å². The minimum atomic E-state index is -0.405. The summed E-state index contributed by atoms with van der Waals surface area (Å²) in [5.41, 5.74) is 0.645. The maximum Gasteiger partial charge on any atom is 0.274 e. The summed E-state index contributed by atoms with van der Waals surface area (Å²) in [6.07, 6.45) is 1.27. The summed E-state index contributed by atoms with van der Waals surface area (Å²) in [6.45, 7) is 2.29. The fourth-order valence-corrected chi connectivity index (χ4v) is 1.92. The second-order valence-corrected chi connectivity index (χ2v) is 4.60. The van der Waals surface area contributed by atoms with Crippen molar-refractivity contribution in [1.82, 2.24) is 9.97 Å². The zero-order chi connectivity index (χ0) is 14.5. The second-order valence-electron chi connectivity index (χ2n) is 3.75. The van der Waals surface area contributed by atoms with E-state index < -0.39 is 5.91 Å². The number of halogens is 2. The van der Waals surface area contributed by atoms with Crippen LogP contribution in [0.2, 0.25) is 10.0 Å². The van der Waals surface area contributed by atoms with E-state index in [9.17, 15) is 4.79 Å². The monoisotopic (exact) mass is 311 g/mol. The molecule has 7 heteroatoms. The first-order valence-corrected chi connectivity index (χ1v) is 6.57. The molecule has 1 N–H and O–H groups in total. The molecule has 0 saturated heterocycles. The van der Waals surface area contributed by atoms with E-state index in [1.807, 2.05) is 6.92 Å². The van der Waals surface area contributed by atoms with E-state index in [-0.39, 0.29) is 5.69 Å². The molecule has 0 bridgehead atoms. The fourth-order valence-electron chi connectivity index (χ4n) is 1.47. The predicted octanol–water partition coefficient (Wildman–Crippen LogP) is 3.43. The minimum absolute atomic E-state index is 0.189. The van der Waals surface area contributed by atoms with Crippen LogP contribution in [0.1, 0.15) is 17.4 Å².